The van der Waals surface area contributed by atoms with Crippen molar-refractivity contribution < 1.29 is 19.1 Å². The van der Waals surface area contributed by atoms with Crippen LogP contribution in [0.5, 0.6) is 5.75 Å². The number of hydrogen-bond donors (Lipinski definition) is 1. The molecule has 0 radical (unpaired) electrons. The summed E-state index contributed by atoms with van der Waals surface area (Å²) < 4.78 is 10.3. The highest BCUT2D eigenvalue weighted by molar-refractivity contribution is 5.98. The Bertz CT molecular complexity index is 723. The van der Waals surface area contributed by atoms with Gasteiger partial charge in [-0.05, 0) is 29.2 Å². The number of nitrogens with one attached hydrogen (secondary N) is 1. The van der Waals surface area contributed by atoms with Gasteiger partial charge in [-0.15, -0.1) is 0 Å². The maximum atomic E-state index is 12.1. The van der Waals surface area contributed by atoms with Crippen LogP contribution in [-0.4, -0.2) is 25.5 Å². The number of rotatable bonds is 7. The van der Waals surface area contributed by atoms with Crippen molar-refractivity contribution in [3.8, 4) is 5.75 Å². The predicted octanol–water partition coefficient (Wildman–Crippen LogP) is 3.29. The lowest BCUT2D eigenvalue weighted by atomic mass is 10.0. The van der Waals surface area contributed by atoms with Crippen molar-refractivity contribution in [1.29, 1.82) is 0 Å². The lowest BCUT2D eigenvalue weighted by Gasteiger charge is -2.10. The Morgan fingerprint density at radius 2 is 1.72 bits per heavy atom. The predicted molar refractivity (Wildman–Crippen MR) is 95.7 cm³/mol. The number of amides is 1. The summed E-state index contributed by atoms with van der Waals surface area (Å²) in [6, 6.07) is 14.8. The van der Waals surface area contributed by atoms with Crippen LogP contribution in [0.4, 0.5) is 0 Å². The molecular weight excluding hydrogens is 318 g/mol. The Hall–Kier alpha value is -2.82. The Morgan fingerprint density at radius 1 is 1.04 bits per heavy atom. The third-order valence-corrected chi connectivity index (χ3v) is 3.79. The molecule has 0 saturated heterocycles. The second-order valence-electron chi connectivity index (χ2n) is 5.94. The number of benzene rings is 2. The number of carbonyl (C=O) groups is 2. The first-order valence-electron chi connectivity index (χ1n) is 8.17. The van der Waals surface area contributed by atoms with Crippen molar-refractivity contribution in [1.82, 2.24) is 5.32 Å². The van der Waals surface area contributed by atoms with E-state index in [0.717, 1.165) is 5.56 Å². The lowest BCUT2D eigenvalue weighted by molar-refractivity contribution is -0.143. The average Bonchev–Trinajstić information content (AvgIpc) is 2.64. The van der Waals surface area contributed by atoms with Crippen LogP contribution in [0.1, 0.15) is 41.3 Å². The first-order valence-corrected chi connectivity index (χ1v) is 8.17. The SMILES string of the molecule is COc1ccccc1C(=O)NCC(=O)OCc1ccc(C(C)C)cc1. The zero-order chi connectivity index (χ0) is 18.2. The fourth-order valence-corrected chi connectivity index (χ4v) is 2.29. The van der Waals surface area contributed by atoms with E-state index in [-0.39, 0.29) is 19.1 Å². The van der Waals surface area contributed by atoms with E-state index in [1.807, 2.05) is 24.3 Å². The van der Waals surface area contributed by atoms with Gasteiger partial charge in [-0.1, -0.05) is 50.2 Å². The van der Waals surface area contributed by atoms with E-state index in [1.54, 1.807) is 24.3 Å². The van der Waals surface area contributed by atoms with E-state index >= 15 is 0 Å². The molecule has 0 saturated carbocycles. The normalized spacial score (nSPS) is 10.4. The second-order valence-corrected chi connectivity index (χ2v) is 5.94. The summed E-state index contributed by atoms with van der Waals surface area (Å²) in [4.78, 5) is 23.9. The molecule has 1 amide bonds. The van der Waals surface area contributed by atoms with E-state index in [9.17, 15) is 9.59 Å². The summed E-state index contributed by atoms with van der Waals surface area (Å²) in [5.74, 6) is 0.0484. The van der Waals surface area contributed by atoms with Gasteiger partial charge in [0.15, 0.2) is 0 Å². The molecule has 5 heteroatoms. The second kappa shape index (κ2) is 8.87. The Balaban J connectivity index is 1.81. The fraction of sp³-hybridized carbons (Fsp3) is 0.300. The largest absolute Gasteiger partial charge is 0.496 e. The molecule has 5 nitrogen and oxygen atoms in total. The molecule has 0 aliphatic rings. The van der Waals surface area contributed by atoms with Gasteiger partial charge < -0.3 is 14.8 Å². The molecule has 0 unspecified atom stereocenters. The third-order valence-electron chi connectivity index (χ3n) is 3.79. The fourth-order valence-electron chi connectivity index (χ4n) is 2.29. The van der Waals surface area contributed by atoms with Crippen molar-refractivity contribution in [2.45, 2.75) is 26.4 Å². The highest BCUT2D eigenvalue weighted by Crippen LogP contribution is 2.17. The summed E-state index contributed by atoms with van der Waals surface area (Å²) in [6.07, 6.45) is 0. The molecule has 0 fully saturated rings. The standard InChI is InChI=1S/C20H23NO4/c1-14(2)16-10-8-15(9-11-16)13-25-19(22)12-21-20(23)17-6-4-5-7-18(17)24-3/h4-11,14H,12-13H2,1-3H3,(H,21,23). The topological polar surface area (TPSA) is 64.6 Å². The van der Waals surface area contributed by atoms with Gasteiger partial charge in [0.2, 0.25) is 0 Å². The van der Waals surface area contributed by atoms with Crippen LogP contribution in [0.15, 0.2) is 48.5 Å². The van der Waals surface area contributed by atoms with E-state index in [2.05, 4.69) is 19.2 Å². The van der Waals surface area contributed by atoms with Crippen LogP contribution in [0, 0.1) is 0 Å². The summed E-state index contributed by atoms with van der Waals surface area (Å²) in [5, 5.41) is 2.54. The maximum absolute atomic E-state index is 12.1. The molecule has 0 aliphatic carbocycles. The molecule has 0 aliphatic heterocycles. The van der Waals surface area contributed by atoms with Crippen molar-refractivity contribution in [3.63, 3.8) is 0 Å². The van der Waals surface area contributed by atoms with E-state index in [4.69, 9.17) is 9.47 Å². The minimum absolute atomic E-state index is 0.182. The van der Waals surface area contributed by atoms with Crippen molar-refractivity contribution in [3.05, 3.63) is 65.2 Å². The molecule has 0 atom stereocenters. The van der Waals surface area contributed by atoms with E-state index in [1.165, 1.54) is 12.7 Å². The van der Waals surface area contributed by atoms with Gasteiger partial charge in [0, 0.05) is 0 Å². The smallest absolute Gasteiger partial charge is 0.325 e. The van der Waals surface area contributed by atoms with Crippen molar-refractivity contribution >= 4 is 11.9 Å². The monoisotopic (exact) mass is 341 g/mol. The van der Waals surface area contributed by atoms with Crippen molar-refractivity contribution in [2.24, 2.45) is 0 Å². The number of methoxy groups -OCH3 is 1. The lowest BCUT2D eigenvalue weighted by Crippen LogP contribution is -2.30. The molecule has 2 rings (SSSR count). The van der Waals surface area contributed by atoms with Crippen molar-refractivity contribution in [2.75, 3.05) is 13.7 Å². The summed E-state index contributed by atoms with van der Waals surface area (Å²) in [6.45, 7) is 4.24. The number of ether oxygens (including phenoxy) is 2. The molecule has 0 spiro atoms. The molecule has 25 heavy (non-hydrogen) atoms. The Kier molecular flexibility index (Phi) is 6.57. The molecule has 0 aromatic heterocycles. The highest BCUT2D eigenvalue weighted by atomic mass is 16.5. The van der Waals surface area contributed by atoms with Gasteiger partial charge in [0.25, 0.3) is 5.91 Å². The molecular formula is C20H23NO4. The summed E-state index contributed by atoms with van der Waals surface area (Å²) in [7, 11) is 1.49. The van der Waals surface area contributed by atoms with Crippen LogP contribution in [0.2, 0.25) is 0 Å². The van der Waals surface area contributed by atoms with Gasteiger partial charge in [-0.25, -0.2) is 0 Å². The number of para-hydroxylation sites is 1. The van der Waals surface area contributed by atoms with Crippen LogP contribution >= 0.6 is 0 Å². The summed E-state index contributed by atoms with van der Waals surface area (Å²) >= 11 is 0. The Morgan fingerprint density at radius 3 is 2.36 bits per heavy atom. The van der Waals surface area contributed by atoms with Gasteiger partial charge in [-0.3, -0.25) is 9.59 Å². The third kappa shape index (κ3) is 5.35. The number of esters is 1. The minimum atomic E-state index is -0.490. The van der Waals surface area contributed by atoms with Gasteiger partial charge in [0.1, 0.15) is 18.9 Å². The van der Waals surface area contributed by atoms with Gasteiger partial charge in [-0.2, -0.15) is 0 Å². The van der Waals surface area contributed by atoms with E-state index < -0.39 is 5.97 Å². The van der Waals surface area contributed by atoms with Crippen LogP contribution in [0.25, 0.3) is 0 Å². The summed E-state index contributed by atoms with van der Waals surface area (Å²) in [5.41, 5.74) is 2.52. The van der Waals surface area contributed by atoms with Crippen LogP contribution < -0.4 is 10.1 Å². The molecule has 132 valence electrons. The first-order chi connectivity index (χ1) is 12.0. The van der Waals surface area contributed by atoms with Gasteiger partial charge in [0.05, 0.1) is 12.7 Å². The zero-order valence-corrected chi connectivity index (χ0v) is 14.7. The van der Waals surface area contributed by atoms with E-state index in [0.29, 0.717) is 17.2 Å². The average molecular weight is 341 g/mol. The maximum Gasteiger partial charge on any atom is 0.325 e. The van der Waals surface area contributed by atoms with Crippen LogP contribution in [-0.2, 0) is 16.1 Å². The van der Waals surface area contributed by atoms with Crippen LogP contribution in [0.3, 0.4) is 0 Å². The molecule has 0 heterocycles. The zero-order valence-electron chi connectivity index (χ0n) is 14.7. The minimum Gasteiger partial charge on any atom is -0.496 e. The Labute approximate surface area is 148 Å². The highest BCUT2D eigenvalue weighted by Gasteiger charge is 2.13. The molecule has 1 N–H and O–H groups in total. The molecule has 2 aromatic carbocycles. The first kappa shape index (κ1) is 18.5. The number of hydrogen-bond acceptors (Lipinski definition) is 4. The number of carbonyl (C=O) groups excluding carboxylic acids is 2. The van der Waals surface area contributed by atoms with Gasteiger partial charge >= 0.3 is 5.97 Å². The molecule has 0 bridgehead atoms. The quantitative estimate of drug-likeness (QED) is 0.785. The molecule has 2 aromatic rings.